The van der Waals surface area contributed by atoms with Gasteiger partial charge < -0.3 is 0 Å². The van der Waals surface area contributed by atoms with Crippen LogP contribution in [0.15, 0.2) is 60.7 Å². The Bertz CT molecular complexity index is 668. The van der Waals surface area contributed by atoms with E-state index in [1.165, 1.54) is 11.6 Å². The van der Waals surface area contributed by atoms with E-state index in [9.17, 15) is 0 Å². The van der Waals surface area contributed by atoms with Gasteiger partial charge in [-0.3, -0.25) is 0 Å². The van der Waals surface area contributed by atoms with Crippen LogP contribution in [0.1, 0.15) is 18.4 Å². The second-order valence-corrected chi connectivity index (χ2v) is 4.40. The Balaban J connectivity index is 2.26. The molecular formula is C18H14N2. The number of hydrogen-bond acceptors (Lipinski definition) is 2. The van der Waals surface area contributed by atoms with Crippen LogP contribution in [0.5, 0.6) is 0 Å². The Morgan fingerprint density at radius 3 is 2.15 bits per heavy atom. The minimum absolute atomic E-state index is 0.425. The van der Waals surface area contributed by atoms with E-state index in [1.807, 2.05) is 42.5 Å². The van der Waals surface area contributed by atoms with E-state index in [0.29, 0.717) is 12.8 Å². The topological polar surface area (TPSA) is 47.6 Å². The zero-order chi connectivity index (χ0) is 14.2. The predicted octanol–water partition coefficient (Wildman–Crippen LogP) is 4.56. The molecule has 0 radical (unpaired) electrons. The number of rotatable bonds is 4. The molecule has 2 rings (SSSR count). The van der Waals surface area contributed by atoms with Gasteiger partial charge in [0.25, 0.3) is 0 Å². The van der Waals surface area contributed by atoms with Gasteiger partial charge in [0.15, 0.2) is 0 Å². The molecule has 20 heavy (non-hydrogen) atoms. The third kappa shape index (κ3) is 3.34. The summed E-state index contributed by atoms with van der Waals surface area (Å²) in [5, 5.41) is 17.5. The van der Waals surface area contributed by atoms with Crippen LogP contribution < -0.4 is 0 Å². The standard InChI is InChI=1S/C18H14N2/c19-13-4-7-16(12-14-20)18-10-8-17(9-11-18)15-5-2-1-3-6-15/h1-3,5-6,8-12H,4,7H2/b16-12+. The lowest BCUT2D eigenvalue weighted by Crippen LogP contribution is -1.86. The summed E-state index contributed by atoms with van der Waals surface area (Å²) in [6, 6.07) is 22.4. The average molecular weight is 258 g/mol. The summed E-state index contributed by atoms with van der Waals surface area (Å²) in [5.74, 6) is 0. The van der Waals surface area contributed by atoms with Crippen molar-refractivity contribution in [1.29, 1.82) is 10.5 Å². The summed E-state index contributed by atoms with van der Waals surface area (Å²) < 4.78 is 0. The van der Waals surface area contributed by atoms with E-state index in [0.717, 1.165) is 16.7 Å². The van der Waals surface area contributed by atoms with Crippen LogP contribution >= 0.6 is 0 Å². The van der Waals surface area contributed by atoms with Crippen LogP contribution in [0, 0.1) is 22.7 Å². The maximum atomic E-state index is 8.82. The van der Waals surface area contributed by atoms with Crippen molar-refractivity contribution < 1.29 is 0 Å². The number of hydrogen-bond donors (Lipinski definition) is 0. The van der Waals surface area contributed by atoms with Gasteiger partial charge in [-0.05, 0) is 28.7 Å². The average Bonchev–Trinajstić information content (AvgIpc) is 2.52. The van der Waals surface area contributed by atoms with E-state index in [1.54, 1.807) is 0 Å². The first-order chi connectivity index (χ1) is 9.85. The molecule has 0 aliphatic carbocycles. The molecule has 0 unspecified atom stereocenters. The fraction of sp³-hybridized carbons (Fsp3) is 0.111. The van der Waals surface area contributed by atoms with Gasteiger partial charge >= 0.3 is 0 Å². The smallest absolute Gasteiger partial charge is 0.0915 e. The summed E-state index contributed by atoms with van der Waals surface area (Å²) >= 11 is 0. The number of allylic oxidation sites excluding steroid dienone is 2. The van der Waals surface area contributed by atoms with Crippen molar-refractivity contribution in [2.45, 2.75) is 12.8 Å². The van der Waals surface area contributed by atoms with Crippen molar-refractivity contribution in [2.75, 3.05) is 0 Å². The minimum atomic E-state index is 0.425. The lowest BCUT2D eigenvalue weighted by atomic mass is 9.98. The van der Waals surface area contributed by atoms with E-state index < -0.39 is 0 Å². The fourth-order valence-corrected chi connectivity index (χ4v) is 2.08. The minimum Gasteiger partial charge on any atom is -0.198 e. The van der Waals surface area contributed by atoms with E-state index in [2.05, 4.69) is 24.3 Å². The normalized spacial score (nSPS) is 10.6. The molecular weight excluding hydrogens is 244 g/mol. The summed E-state index contributed by atoms with van der Waals surface area (Å²) in [6.45, 7) is 0. The first kappa shape index (κ1) is 13.6. The zero-order valence-electron chi connectivity index (χ0n) is 11.1. The van der Waals surface area contributed by atoms with Gasteiger partial charge in [0, 0.05) is 12.5 Å². The van der Waals surface area contributed by atoms with E-state index >= 15 is 0 Å². The molecule has 96 valence electrons. The van der Waals surface area contributed by atoms with Crippen molar-refractivity contribution in [3.05, 3.63) is 66.2 Å². The van der Waals surface area contributed by atoms with Crippen LogP contribution in [-0.2, 0) is 0 Å². The Morgan fingerprint density at radius 1 is 0.900 bits per heavy atom. The van der Waals surface area contributed by atoms with Gasteiger partial charge in [-0.2, -0.15) is 10.5 Å². The fourth-order valence-electron chi connectivity index (χ4n) is 2.08. The summed E-state index contributed by atoms with van der Waals surface area (Å²) in [7, 11) is 0. The maximum absolute atomic E-state index is 8.82. The third-order valence-electron chi connectivity index (χ3n) is 3.11. The van der Waals surface area contributed by atoms with Crippen molar-refractivity contribution >= 4 is 5.57 Å². The molecule has 0 aromatic heterocycles. The SMILES string of the molecule is N#C/C=C(\CCC#N)c1ccc(-c2ccccc2)cc1. The first-order valence-corrected chi connectivity index (χ1v) is 6.46. The van der Waals surface area contributed by atoms with Crippen LogP contribution in [0.4, 0.5) is 0 Å². The van der Waals surface area contributed by atoms with Gasteiger partial charge in [0.1, 0.15) is 0 Å². The van der Waals surface area contributed by atoms with Crippen molar-refractivity contribution in [2.24, 2.45) is 0 Å². The molecule has 0 atom stereocenters. The number of nitrogens with zero attached hydrogens (tertiary/aromatic N) is 2. The molecule has 0 aliphatic heterocycles. The lowest BCUT2D eigenvalue weighted by Gasteiger charge is -2.06. The quantitative estimate of drug-likeness (QED) is 0.754. The Labute approximate surface area is 119 Å². The second kappa shape index (κ2) is 6.92. The molecule has 2 aromatic rings. The highest BCUT2D eigenvalue weighted by Crippen LogP contribution is 2.24. The number of nitriles is 2. The largest absolute Gasteiger partial charge is 0.198 e. The lowest BCUT2D eigenvalue weighted by molar-refractivity contribution is 1.08. The maximum Gasteiger partial charge on any atom is 0.0915 e. The summed E-state index contributed by atoms with van der Waals surface area (Å²) in [4.78, 5) is 0. The van der Waals surface area contributed by atoms with Crippen LogP contribution in [0.2, 0.25) is 0 Å². The van der Waals surface area contributed by atoms with Crippen molar-refractivity contribution in [1.82, 2.24) is 0 Å². The molecule has 0 saturated carbocycles. The Hall–Kier alpha value is -2.84. The molecule has 2 nitrogen and oxygen atoms in total. The third-order valence-corrected chi connectivity index (χ3v) is 3.11. The molecule has 0 amide bonds. The van der Waals surface area contributed by atoms with Crippen LogP contribution in [-0.4, -0.2) is 0 Å². The highest BCUT2D eigenvalue weighted by molar-refractivity contribution is 5.71. The Kier molecular flexibility index (Phi) is 4.70. The predicted molar refractivity (Wildman–Crippen MR) is 80.3 cm³/mol. The molecule has 0 spiro atoms. The number of benzene rings is 2. The van der Waals surface area contributed by atoms with Gasteiger partial charge in [-0.15, -0.1) is 0 Å². The molecule has 0 aliphatic rings. The highest BCUT2D eigenvalue weighted by atomic mass is 14.2. The van der Waals surface area contributed by atoms with E-state index in [-0.39, 0.29) is 0 Å². The van der Waals surface area contributed by atoms with Crippen LogP contribution in [0.25, 0.3) is 16.7 Å². The molecule has 0 fully saturated rings. The van der Waals surface area contributed by atoms with Gasteiger partial charge in [0.05, 0.1) is 12.1 Å². The second-order valence-electron chi connectivity index (χ2n) is 4.40. The molecule has 0 saturated heterocycles. The van der Waals surface area contributed by atoms with E-state index in [4.69, 9.17) is 10.5 Å². The monoisotopic (exact) mass is 258 g/mol. The molecule has 2 heteroatoms. The molecule has 0 N–H and O–H groups in total. The van der Waals surface area contributed by atoms with Crippen LogP contribution in [0.3, 0.4) is 0 Å². The first-order valence-electron chi connectivity index (χ1n) is 6.46. The summed E-state index contributed by atoms with van der Waals surface area (Å²) in [5.41, 5.74) is 4.22. The van der Waals surface area contributed by atoms with Crippen molar-refractivity contribution in [3.8, 4) is 23.3 Å². The van der Waals surface area contributed by atoms with Gasteiger partial charge in [-0.25, -0.2) is 0 Å². The molecule has 2 aromatic carbocycles. The molecule has 0 bridgehead atoms. The summed E-state index contributed by atoms with van der Waals surface area (Å²) in [6.07, 6.45) is 2.55. The highest BCUT2D eigenvalue weighted by Gasteiger charge is 2.03. The van der Waals surface area contributed by atoms with Crippen molar-refractivity contribution in [3.63, 3.8) is 0 Å². The Morgan fingerprint density at radius 2 is 1.55 bits per heavy atom. The zero-order valence-corrected chi connectivity index (χ0v) is 11.1. The van der Waals surface area contributed by atoms with Gasteiger partial charge in [-0.1, -0.05) is 54.6 Å². The molecule has 0 heterocycles. The van der Waals surface area contributed by atoms with Gasteiger partial charge in [0.2, 0.25) is 0 Å².